The number of carbonyl (C=O) groups excluding carboxylic acids is 2. The largest absolute Gasteiger partial charge is 0.489 e. The summed E-state index contributed by atoms with van der Waals surface area (Å²) in [6, 6.07) is 12.2. The minimum absolute atomic E-state index is 0.191. The lowest BCUT2D eigenvalue weighted by atomic mass is 9.92. The number of rotatable bonds is 6. The molecule has 2 aromatic carbocycles. The summed E-state index contributed by atoms with van der Waals surface area (Å²) in [5.74, 6) is -0.684. The lowest BCUT2D eigenvalue weighted by molar-refractivity contribution is 0.0599. The van der Waals surface area contributed by atoms with E-state index in [1.807, 2.05) is 0 Å². The Labute approximate surface area is 196 Å². The van der Waals surface area contributed by atoms with Crippen LogP contribution in [0.15, 0.2) is 42.5 Å². The Bertz CT molecular complexity index is 1150. The molecule has 6 nitrogen and oxygen atoms in total. The highest BCUT2D eigenvalue weighted by molar-refractivity contribution is 6.35. The van der Waals surface area contributed by atoms with Crippen molar-refractivity contribution in [2.75, 3.05) is 14.2 Å². The molecule has 0 unspecified atom stereocenters. The average Bonchev–Trinajstić information content (AvgIpc) is 2.77. The average molecular weight is 474 g/mol. The van der Waals surface area contributed by atoms with E-state index in [1.165, 1.54) is 14.2 Å². The summed E-state index contributed by atoms with van der Waals surface area (Å²) in [6.45, 7) is 3.58. The summed E-state index contributed by atoms with van der Waals surface area (Å²) >= 11 is 12.2. The van der Waals surface area contributed by atoms with E-state index in [0.29, 0.717) is 38.3 Å². The minimum Gasteiger partial charge on any atom is -0.489 e. The van der Waals surface area contributed by atoms with E-state index in [4.69, 9.17) is 37.4 Å². The molecule has 8 heteroatoms. The molecule has 0 aliphatic rings. The zero-order valence-electron chi connectivity index (χ0n) is 18.0. The second-order valence-corrected chi connectivity index (χ2v) is 7.79. The molecule has 1 aromatic heterocycles. The van der Waals surface area contributed by atoms with Gasteiger partial charge in [-0.25, -0.2) is 9.59 Å². The zero-order chi connectivity index (χ0) is 23.4. The number of aromatic nitrogens is 1. The first-order valence-electron chi connectivity index (χ1n) is 9.61. The van der Waals surface area contributed by atoms with Crippen LogP contribution in [0.1, 0.15) is 37.7 Å². The second-order valence-electron chi connectivity index (χ2n) is 6.94. The zero-order valence-corrected chi connectivity index (χ0v) is 19.5. The molecule has 0 amide bonds. The normalized spacial score (nSPS) is 10.6. The molecule has 1 heterocycles. The van der Waals surface area contributed by atoms with Crippen molar-refractivity contribution in [1.29, 1.82) is 0 Å². The molecule has 0 N–H and O–H groups in total. The molecular formula is C24H21Cl2NO5. The molecule has 0 aliphatic carbocycles. The van der Waals surface area contributed by atoms with Gasteiger partial charge >= 0.3 is 11.9 Å². The fourth-order valence-corrected chi connectivity index (χ4v) is 3.85. The molecular weight excluding hydrogens is 453 g/mol. The van der Waals surface area contributed by atoms with Crippen molar-refractivity contribution in [1.82, 2.24) is 4.98 Å². The summed E-state index contributed by atoms with van der Waals surface area (Å²) in [5, 5.41) is 1.03. The summed E-state index contributed by atoms with van der Waals surface area (Å²) in [5.41, 5.74) is 2.99. The van der Waals surface area contributed by atoms with Crippen LogP contribution in [0.4, 0.5) is 0 Å². The number of halogens is 2. The Morgan fingerprint density at radius 2 is 1.53 bits per heavy atom. The van der Waals surface area contributed by atoms with Crippen molar-refractivity contribution in [3.05, 3.63) is 80.6 Å². The molecule has 3 rings (SSSR count). The van der Waals surface area contributed by atoms with Gasteiger partial charge < -0.3 is 14.2 Å². The van der Waals surface area contributed by atoms with Gasteiger partial charge in [0, 0.05) is 21.2 Å². The summed E-state index contributed by atoms with van der Waals surface area (Å²) in [6.07, 6.45) is 0. The molecule has 0 spiro atoms. The van der Waals surface area contributed by atoms with E-state index in [0.717, 1.165) is 5.56 Å². The van der Waals surface area contributed by atoms with Gasteiger partial charge in [0.05, 0.1) is 36.7 Å². The highest BCUT2D eigenvalue weighted by Gasteiger charge is 2.27. The van der Waals surface area contributed by atoms with Gasteiger partial charge in [0.1, 0.15) is 12.4 Å². The number of benzene rings is 2. The molecule has 0 atom stereocenters. The van der Waals surface area contributed by atoms with Crippen LogP contribution in [0.2, 0.25) is 10.0 Å². The van der Waals surface area contributed by atoms with Crippen LogP contribution in [-0.4, -0.2) is 31.1 Å². The smallest absolute Gasteiger partial charge is 0.340 e. The molecule has 0 radical (unpaired) electrons. The van der Waals surface area contributed by atoms with Gasteiger partial charge in [-0.05, 0) is 43.7 Å². The van der Waals surface area contributed by atoms with Gasteiger partial charge in [-0.3, -0.25) is 4.98 Å². The predicted octanol–water partition coefficient (Wildman–Crippen LogP) is 5.82. The molecule has 0 aliphatic heterocycles. The van der Waals surface area contributed by atoms with Crippen LogP contribution < -0.4 is 4.74 Å². The number of hydrogen-bond acceptors (Lipinski definition) is 6. The third-order valence-electron chi connectivity index (χ3n) is 4.87. The maximum absolute atomic E-state index is 12.6. The monoisotopic (exact) mass is 473 g/mol. The fourth-order valence-electron chi connectivity index (χ4n) is 3.38. The second kappa shape index (κ2) is 10.0. The van der Waals surface area contributed by atoms with Gasteiger partial charge in [0.15, 0.2) is 0 Å². The number of esters is 2. The van der Waals surface area contributed by atoms with E-state index < -0.39 is 11.9 Å². The minimum atomic E-state index is -0.602. The van der Waals surface area contributed by atoms with E-state index in [9.17, 15) is 9.59 Å². The van der Waals surface area contributed by atoms with Crippen LogP contribution >= 0.6 is 23.2 Å². The van der Waals surface area contributed by atoms with Crippen molar-refractivity contribution < 1.29 is 23.8 Å². The number of methoxy groups -OCH3 is 2. The van der Waals surface area contributed by atoms with Crippen LogP contribution in [-0.2, 0) is 16.1 Å². The summed E-state index contributed by atoms with van der Waals surface area (Å²) in [4.78, 5) is 29.5. The van der Waals surface area contributed by atoms with Gasteiger partial charge in [0.2, 0.25) is 0 Å². The SMILES string of the molecule is COC(=O)c1c(C)nc(C)c(C(=O)OC)c1-c1cccc(OCc2ccc(Cl)cc2Cl)c1. The Morgan fingerprint density at radius 1 is 0.906 bits per heavy atom. The number of pyridine rings is 1. The van der Waals surface area contributed by atoms with Crippen molar-refractivity contribution in [2.24, 2.45) is 0 Å². The van der Waals surface area contributed by atoms with Crippen LogP contribution in [0.25, 0.3) is 11.1 Å². The molecule has 0 saturated heterocycles. The van der Waals surface area contributed by atoms with Gasteiger partial charge in [-0.2, -0.15) is 0 Å². The highest BCUT2D eigenvalue weighted by atomic mass is 35.5. The summed E-state index contributed by atoms with van der Waals surface area (Å²) < 4.78 is 15.8. The number of nitrogens with zero attached hydrogens (tertiary/aromatic N) is 1. The van der Waals surface area contributed by atoms with E-state index >= 15 is 0 Å². The molecule has 32 heavy (non-hydrogen) atoms. The van der Waals surface area contributed by atoms with Gasteiger partial charge in [0.25, 0.3) is 0 Å². The first-order valence-corrected chi connectivity index (χ1v) is 10.4. The first kappa shape index (κ1) is 23.6. The summed E-state index contributed by atoms with van der Waals surface area (Å²) in [7, 11) is 2.55. The maximum Gasteiger partial charge on any atom is 0.340 e. The van der Waals surface area contributed by atoms with Crippen molar-refractivity contribution >= 4 is 35.1 Å². The maximum atomic E-state index is 12.6. The standard InChI is InChI=1S/C24H21Cl2NO5/c1-13-20(23(28)30-3)22(21(14(2)27-13)24(29)31-4)15-6-5-7-18(10-15)32-12-16-8-9-17(25)11-19(16)26/h5-11H,12H2,1-4H3. The van der Waals surface area contributed by atoms with E-state index in [1.54, 1.807) is 56.3 Å². The number of ether oxygens (including phenoxy) is 3. The van der Waals surface area contributed by atoms with Gasteiger partial charge in [-0.1, -0.05) is 41.4 Å². The Kier molecular flexibility index (Phi) is 7.38. The van der Waals surface area contributed by atoms with Crippen molar-refractivity contribution in [3.8, 4) is 16.9 Å². The Hall–Kier alpha value is -3.09. The highest BCUT2D eigenvalue weighted by Crippen LogP contribution is 2.34. The molecule has 0 saturated carbocycles. The first-order chi connectivity index (χ1) is 15.3. The molecule has 3 aromatic rings. The number of hydrogen-bond donors (Lipinski definition) is 0. The lowest BCUT2D eigenvalue weighted by Crippen LogP contribution is -2.16. The fraction of sp³-hybridized carbons (Fsp3) is 0.208. The number of carbonyl (C=O) groups is 2. The van der Waals surface area contributed by atoms with Crippen LogP contribution in [0.3, 0.4) is 0 Å². The Balaban J connectivity index is 2.09. The van der Waals surface area contributed by atoms with Gasteiger partial charge in [-0.15, -0.1) is 0 Å². The molecule has 166 valence electrons. The van der Waals surface area contributed by atoms with Crippen LogP contribution in [0.5, 0.6) is 5.75 Å². The third-order valence-corrected chi connectivity index (χ3v) is 5.46. The quantitative estimate of drug-likeness (QED) is 0.419. The lowest BCUT2D eigenvalue weighted by Gasteiger charge is -2.17. The predicted molar refractivity (Wildman–Crippen MR) is 123 cm³/mol. The third kappa shape index (κ3) is 4.87. The topological polar surface area (TPSA) is 74.7 Å². The molecule has 0 bridgehead atoms. The van der Waals surface area contributed by atoms with E-state index in [-0.39, 0.29) is 17.7 Å². The number of aryl methyl sites for hydroxylation is 2. The molecule has 0 fully saturated rings. The van der Waals surface area contributed by atoms with E-state index in [2.05, 4.69) is 4.98 Å². The van der Waals surface area contributed by atoms with Crippen molar-refractivity contribution in [2.45, 2.75) is 20.5 Å². The van der Waals surface area contributed by atoms with Crippen LogP contribution in [0, 0.1) is 13.8 Å². The Morgan fingerprint density at radius 3 is 2.09 bits per heavy atom. The van der Waals surface area contributed by atoms with Crippen molar-refractivity contribution in [3.63, 3.8) is 0 Å².